The highest BCUT2D eigenvalue weighted by atomic mass is 16.5. The van der Waals surface area contributed by atoms with Crippen LogP contribution in [0.2, 0.25) is 0 Å². The van der Waals surface area contributed by atoms with Crippen LogP contribution >= 0.6 is 0 Å². The fraction of sp³-hybridized carbons (Fsp3) is 0.429. The van der Waals surface area contributed by atoms with Crippen molar-refractivity contribution in [1.82, 2.24) is 10.2 Å². The number of aliphatic hydroxyl groups excluding tert-OH is 1. The first kappa shape index (κ1) is 15.3. The van der Waals surface area contributed by atoms with Gasteiger partial charge >= 0.3 is 5.97 Å². The molecule has 7 heteroatoms. The number of hydrogen-bond acceptors (Lipinski definition) is 5. The van der Waals surface area contributed by atoms with Gasteiger partial charge in [0, 0.05) is 20.1 Å². The van der Waals surface area contributed by atoms with Crippen molar-refractivity contribution in [1.29, 1.82) is 0 Å². The number of carboxylic acids is 1. The molecule has 0 saturated carbocycles. The quantitative estimate of drug-likeness (QED) is 0.680. The number of benzene rings is 1. The third kappa shape index (κ3) is 3.93. The maximum absolute atomic E-state index is 11.3. The summed E-state index contributed by atoms with van der Waals surface area (Å²) in [5, 5.41) is 21.4. The molecule has 3 N–H and O–H groups in total. The molecule has 0 aliphatic carbocycles. The zero-order valence-corrected chi connectivity index (χ0v) is 11.7. The van der Waals surface area contributed by atoms with Gasteiger partial charge in [0.05, 0.1) is 12.1 Å². The first-order valence-corrected chi connectivity index (χ1v) is 6.60. The Morgan fingerprint density at radius 1 is 1.43 bits per heavy atom. The Bertz CT molecular complexity index is 534. The summed E-state index contributed by atoms with van der Waals surface area (Å²) in [6.07, 6.45) is -1.21. The lowest BCUT2D eigenvalue weighted by molar-refractivity contribution is -0.121. The highest BCUT2D eigenvalue weighted by molar-refractivity contribution is 5.88. The minimum atomic E-state index is -1.03. The standard InChI is InChI=1S/C14H18N2O5/c1-15-13(18)8-16-6-11(17)12(7-16)21-10-4-2-3-9(5-10)14(19)20/h2-5,11-12,17H,6-8H2,1H3,(H,15,18)(H,19,20)/t11-,12-/m1/s1. The number of ether oxygens (including phenoxy) is 1. The number of rotatable bonds is 5. The number of hydrogen-bond donors (Lipinski definition) is 3. The van der Waals surface area contributed by atoms with Crippen LogP contribution in [0.1, 0.15) is 10.4 Å². The highest BCUT2D eigenvalue weighted by Crippen LogP contribution is 2.20. The van der Waals surface area contributed by atoms with E-state index in [1.54, 1.807) is 24.1 Å². The molecule has 1 aliphatic rings. The van der Waals surface area contributed by atoms with Crippen LogP contribution in [0.25, 0.3) is 0 Å². The number of nitrogens with zero attached hydrogens (tertiary/aromatic N) is 1. The number of carbonyl (C=O) groups is 2. The van der Waals surface area contributed by atoms with Crippen molar-refractivity contribution < 1.29 is 24.5 Å². The fourth-order valence-corrected chi connectivity index (χ4v) is 2.24. The molecule has 0 bridgehead atoms. The number of carboxylic acid groups (broad SMARTS) is 1. The van der Waals surface area contributed by atoms with Crippen LogP contribution in [0.3, 0.4) is 0 Å². The number of nitrogens with one attached hydrogen (secondary N) is 1. The number of likely N-dealkylation sites (tertiary alicyclic amines) is 1. The van der Waals surface area contributed by atoms with Crippen molar-refractivity contribution >= 4 is 11.9 Å². The maximum atomic E-state index is 11.3. The molecule has 0 spiro atoms. The topological polar surface area (TPSA) is 99.1 Å². The van der Waals surface area contributed by atoms with E-state index in [-0.39, 0.29) is 18.0 Å². The number of β-amino-alcohol motifs (C(OH)–C–C–N with tert-alkyl or cyclic N) is 1. The molecule has 0 radical (unpaired) electrons. The average molecular weight is 294 g/mol. The van der Waals surface area contributed by atoms with Crippen LogP contribution in [-0.4, -0.2) is 65.9 Å². The summed E-state index contributed by atoms with van der Waals surface area (Å²) in [7, 11) is 1.56. The molecule has 1 aromatic rings. The van der Waals surface area contributed by atoms with E-state index in [0.29, 0.717) is 18.8 Å². The lowest BCUT2D eigenvalue weighted by Crippen LogP contribution is -2.35. The van der Waals surface area contributed by atoms with Crippen molar-refractivity contribution in [3.63, 3.8) is 0 Å². The lowest BCUT2D eigenvalue weighted by atomic mass is 10.2. The molecular weight excluding hydrogens is 276 g/mol. The zero-order chi connectivity index (χ0) is 15.4. The molecule has 1 saturated heterocycles. The van der Waals surface area contributed by atoms with Crippen molar-refractivity contribution in [2.45, 2.75) is 12.2 Å². The third-order valence-corrected chi connectivity index (χ3v) is 3.33. The van der Waals surface area contributed by atoms with Gasteiger partial charge in [0.15, 0.2) is 0 Å². The largest absolute Gasteiger partial charge is 0.486 e. The van der Waals surface area contributed by atoms with E-state index in [1.165, 1.54) is 12.1 Å². The first-order chi connectivity index (χ1) is 9.99. The van der Waals surface area contributed by atoms with E-state index < -0.39 is 18.2 Å². The van der Waals surface area contributed by atoms with E-state index >= 15 is 0 Å². The number of amides is 1. The Hall–Kier alpha value is -2.12. The van der Waals surface area contributed by atoms with Crippen LogP contribution < -0.4 is 10.1 Å². The Labute approximate surface area is 122 Å². The third-order valence-electron chi connectivity index (χ3n) is 3.33. The Balaban J connectivity index is 1.98. The number of carbonyl (C=O) groups excluding carboxylic acids is 1. The SMILES string of the molecule is CNC(=O)CN1C[C@@H](O)[C@H](Oc2cccc(C(=O)O)c2)C1. The van der Waals surface area contributed by atoms with E-state index in [4.69, 9.17) is 9.84 Å². The minimum Gasteiger partial charge on any atom is -0.486 e. The van der Waals surface area contributed by atoms with Gasteiger partial charge < -0.3 is 20.3 Å². The summed E-state index contributed by atoms with van der Waals surface area (Å²) in [6, 6.07) is 6.11. The average Bonchev–Trinajstić information content (AvgIpc) is 2.78. The van der Waals surface area contributed by atoms with Gasteiger partial charge in [0.25, 0.3) is 0 Å². The van der Waals surface area contributed by atoms with E-state index in [9.17, 15) is 14.7 Å². The second-order valence-electron chi connectivity index (χ2n) is 4.92. The van der Waals surface area contributed by atoms with Gasteiger partial charge in [-0.3, -0.25) is 9.69 Å². The fourth-order valence-electron chi connectivity index (χ4n) is 2.24. The maximum Gasteiger partial charge on any atom is 0.335 e. The van der Waals surface area contributed by atoms with Crippen molar-refractivity contribution in [2.24, 2.45) is 0 Å². The molecule has 1 aliphatic heterocycles. The molecule has 21 heavy (non-hydrogen) atoms. The van der Waals surface area contributed by atoms with Gasteiger partial charge in [-0.1, -0.05) is 6.07 Å². The summed E-state index contributed by atoms with van der Waals surface area (Å²) in [6.45, 7) is 0.950. The first-order valence-electron chi connectivity index (χ1n) is 6.60. The smallest absolute Gasteiger partial charge is 0.335 e. The molecular formula is C14H18N2O5. The van der Waals surface area contributed by atoms with Crippen molar-refractivity contribution in [2.75, 3.05) is 26.7 Å². The molecule has 1 aromatic carbocycles. The Kier molecular flexibility index (Phi) is 4.77. The van der Waals surface area contributed by atoms with E-state index in [1.807, 2.05) is 0 Å². The predicted molar refractivity (Wildman–Crippen MR) is 74.3 cm³/mol. The van der Waals surface area contributed by atoms with Gasteiger partial charge in [-0.25, -0.2) is 4.79 Å². The lowest BCUT2D eigenvalue weighted by Gasteiger charge is -2.17. The van der Waals surface area contributed by atoms with Crippen LogP contribution in [0.15, 0.2) is 24.3 Å². The van der Waals surface area contributed by atoms with E-state index in [0.717, 1.165) is 0 Å². The molecule has 7 nitrogen and oxygen atoms in total. The molecule has 1 amide bonds. The summed E-state index contributed by atoms with van der Waals surface area (Å²) in [5.74, 6) is -0.773. The minimum absolute atomic E-state index is 0.127. The molecule has 2 atom stereocenters. The van der Waals surface area contributed by atoms with Crippen molar-refractivity contribution in [3.05, 3.63) is 29.8 Å². The van der Waals surface area contributed by atoms with Gasteiger partial charge in [-0.2, -0.15) is 0 Å². The summed E-state index contributed by atoms with van der Waals surface area (Å²) in [4.78, 5) is 24.0. The van der Waals surface area contributed by atoms with Gasteiger partial charge in [-0.05, 0) is 18.2 Å². The number of aliphatic hydroxyl groups is 1. The Morgan fingerprint density at radius 3 is 2.86 bits per heavy atom. The summed E-state index contributed by atoms with van der Waals surface area (Å²) < 4.78 is 5.64. The van der Waals surface area contributed by atoms with Crippen LogP contribution in [-0.2, 0) is 4.79 Å². The van der Waals surface area contributed by atoms with Gasteiger partial charge in [0.1, 0.15) is 18.0 Å². The molecule has 2 rings (SSSR count). The zero-order valence-electron chi connectivity index (χ0n) is 11.7. The van der Waals surface area contributed by atoms with Gasteiger partial charge in [-0.15, -0.1) is 0 Å². The molecule has 1 fully saturated rings. The number of aromatic carboxylic acids is 1. The predicted octanol–water partition coefficient (Wildman–Crippen LogP) is -0.445. The number of likely N-dealkylation sites (N-methyl/N-ethyl adjacent to an activating group) is 1. The second-order valence-corrected chi connectivity index (χ2v) is 4.92. The van der Waals surface area contributed by atoms with Gasteiger partial charge in [0.2, 0.25) is 5.91 Å². The van der Waals surface area contributed by atoms with Crippen LogP contribution in [0.4, 0.5) is 0 Å². The molecule has 0 unspecified atom stereocenters. The monoisotopic (exact) mass is 294 g/mol. The summed E-state index contributed by atoms with van der Waals surface area (Å²) in [5.41, 5.74) is 0.127. The van der Waals surface area contributed by atoms with Crippen molar-refractivity contribution in [3.8, 4) is 5.75 Å². The normalized spacial score (nSPS) is 22.0. The second kappa shape index (κ2) is 6.55. The van der Waals surface area contributed by atoms with E-state index in [2.05, 4.69) is 5.32 Å². The highest BCUT2D eigenvalue weighted by Gasteiger charge is 2.33. The molecule has 0 aromatic heterocycles. The summed E-state index contributed by atoms with van der Waals surface area (Å²) >= 11 is 0. The molecule has 1 heterocycles. The Morgan fingerprint density at radius 2 is 2.19 bits per heavy atom. The van der Waals surface area contributed by atoms with Crippen LogP contribution in [0, 0.1) is 0 Å². The molecule has 114 valence electrons. The van der Waals surface area contributed by atoms with Crippen LogP contribution in [0.5, 0.6) is 5.75 Å².